The topological polar surface area (TPSA) is 49.6 Å². The zero-order valence-electron chi connectivity index (χ0n) is 15.0. The maximum absolute atomic E-state index is 11.6. The monoisotopic (exact) mass is 319 g/mol. The van der Waals surface area contributed by atoms with Crippen molar-refractivity contribution in [2.24, 2.45) is 5.84 Å². The maximum atomic E-state index is 11.6. The van der Waals surface area contributed by atoms with Crippen molar-refractivity contribution in [3.05, 3.63) is 29.8 Å². The van der Waals surface area contributed by atoms with Gasteiger partial charge in [0.25, 0.3) is 0 Å². The Hall–Kier alpha value is -1.55. The first-order valence-electron chi connectivity index (χ1n) is 8.91. The van der Waals surface area contributed by atoms with E-state index < -0.39 is 0 Å². The van der Waals surface area contributed by atoms with Gasteiger partial charge in [-0.25, -0.2) is 5.84 Å². The number of carbonyl (C=O) groups excluding carboxylic acids is 1. The Labute approximate surface area is 141 Å². The lowest BCUT2D eigenvalue weighted by Crippen LogP contribution is -2.36. The van der Waals surface area contributed by atoms with Crippen LogP contribution in [-0.2, 0) is 11.2 Å². The van der Waals surface area contributed by atoms with Gasteiger partial charge in [-0.1, -0.05) is 57.7 Å². The largest absolute Gasteiger partial charge is 0.342 e. The first-order valence-corrected chi connectivity index (χ1v) is 8.91. The number of hydrogen-bond acceptors (Lipinski definition) is 3. The molecular weight excluding hydrogens is 286 g/mol. The number of unbranched alkanes of at least 4 members (excludes halogenated alkanes) is 2. The zero-order chi connectivity index (χ0) is 17.1. The van der Waals surface area contributed by atoms with Crippen molar-refractivity contribution < 1.29 is 4.79 Å². The van der Waals surface area contributed by atoms with E-state index in [1.54, 1.807) is 5.01 Å². The fourth-order valence-corrected chi connectivity index (χ4v) is 3.08. The number of rotatable bonds is 12. The molecular formula is C19H33N3O. The minimum Gasteiger partial charge on any atom is -0.342 e. The molecule has 1 atom stereocenters. The van der Waals surface area contributed by atoms with Crippen LogP contribution in [0.15, 0.2) is 24.3 Å². The molecule has 0 saturated carbocycles. The van der Waals surface area contributed by atoms with Crippen molar-refractivity contribution in [2.75, 3.05) is 18.6 Å². The van der Waals surface area contributed by atoms with Crippen LogP contribution in [-0.4, -0.2) is 30.9 Å². The molecule has 0 bridgehead atoms. The van der Waals surface area contributed by atoms with Crippen molar-refractivity contribution in [1.82, 2.24) is 4.90 Å². The molecule has 0 aromatic heterocycles. The average molecular weight is 319 g/mol. The maximum Gasteiger partial charge on any atom is 0.209 e. The average Bonchev–Trinajstić information content (AvgIpc) is 2.55. The summed E-state index contributed by atoms with van der Waals surface area (Å²) in [4.78, 5) is 13.6. The smallest absolute Gasteiger partial charge is 0.209 e. The lowest BCUT2D eigenvalue weighted by atomic mass is 10.0. The van der Waals surface area contributed by atoms with Crippen LogP contribution in [0, 0.1) is 0 Å². The van der Waals surface area contributed by atoms with Crippen molar-refractivity contribution >= 4 is 12.1 Å². The van der Waals surface area contributed by atoms with Gasteiger partial charge >= 0.3 is 0 Å². The van der Waals surface area contributed by atoms with E-state index in [-0.39, 0.29) is 0 Å². The summed E-state index contributed by atoms with van der Waals surface area (Å²) in [7, 11) is 1.85. The van der Waals surface area contributed by atoms with E-state index in [2.05, 4.69) is 19.9 Å². The highest BCUT2D eigenvalue weighted by Gasteiger charge is 2.16. The zero-order valence-corrected chi connectivity index (χ0v) is 15.0. The highest BCUT2D eigenvalue weighted by molar-refractivity contribution is 5.52. The highest BCUT2D eigenvalue weighted by Crippen LogP contribution is 2.19. The Bertz CT molecular complexity index is 448. The fourth-order valence-electron chi connectivity index (χ4n) is 3.08. The number of hydrogen-bond donors (Lipinski definition) is 1. The van der Waals surface area contributed by atoms with Crippen LogP contribution in [0.4, 0.5) is 5.69 Å². The number of anilines is 1. The third-order valence-electron chi connectivity index (χ3n) is 4.38. The number of nitrogens with two attached hydrogens (primary N) is 1. The number of para-hydroxylation sites is 1. The fraction of sp³-hybridized carbons (Fsp3) is 0.632. The predicted molar refractivity (Wildman–Crippen MR) is 98.3 cm³/mol. The van der Waals surface area contributed by atoms with Crippen molar-refractivity contribution in [3.63, 3.8) is 0 Å². The summed E-state index contributed by atoms with van der Waals surface area (Å²) >= 11 is 0. The van der Waals surface area contributed by atoms with E-state index in [0.29, 0.717) is 6.04 Å². The third kappa shape index (κ3) is 6.61. The lowest BCUT2D eigenvalue weighted by molar-refractivity contribution is -0.120. The molecule has 0 radical (unpaired) electrons. The van der Waals surface area contributed by atoms with Gasteiger partial charge < -0.3 is 9.91 Å². The summed E-state index contributed by atoms with van der Waals surface area (Å²) < 4.78 is 0. The summed E-state index contributed by atoms with van der Waals surface area (Å²) in [5, 5.41) is 1.64. The molecule has 4 nitrogen and oxygen atoms in total. The first kappa shape index (κ1) is 19.5. The molecule has 1 rings (SSSR count). The van der Waals surface area contributed by atoms with Gasteiger partial charge in [0.2, 0.25) is 6.41 Å². The van der Waals surface area contributed by atoms with Crippen LogP contribution in [0.5, 0.6) is 0 Å². The molecule has 0 heterocycles. The van der Waals surface area contributed by atoms with Gasteiger partial charge in [-0.3, -0.25) is 4.79 Å². The summed E-state index contributed by atoms with van der Waals surface area (Å²) in [6, 6.07) is 8.49. The lowest BCUT2D eigenvalue weighted by Gasteiger charge is -2.29. The number of amides is 1. The van der Waals surface area contributed by atoms with Gasteiger partial charge in [0.1, 0.15) is 0 Å². The van der Waals surface area contributed by atoms with Crippen LogP contribution in [0.3, 0.4) is 0 Å². The Morgan fingerprint density at radius 3 is 2.48 bits per heavy atom. The van der Waals surface area contributed by atoms with Crippen LogP contribution >= 0.6 is 0 Å². The molecule has 130 valence electrons. The molecule has 0 spiro atoms. The molecule has 1 amide bonds. The van der Waals surface area contributed by atoms with Crippen LogP contribution in [0.25, 0.3) is 0 Å². The van der Waals surface area contributed by atoms with Gasteiger partial charge in [-0.05, 0) is 30.9 Å². The molecule has 0 fully saturated rings. The van der Waals surface area contributed by atoms with E-state index in [0.717, 1.165) is 44.3 Å². The minimum atomic E-state index is 0.367. The van der Waals surface area contributed by atoms with Gasteiger partial charge in [-0.2, -0.15) is 0 Å². The molecule has 2 N–H and O–H groups in total. The first-order chi connectivity index (χ1) is 11.1. The van der Waals surface area contributed by atoms with Crippen LogP contribution in [0.2, 0.25) is 0 Å². The summed E-state index contributed by atoms with van der Waals surface area (Å²) in [5.74, 6) is 5.89. The van der Waals surface area contributed by atoms with Crippen LogP contribution < -0.4 is 10.9 Å². The molecule has 1 unspecified atom stereocenters. The second kappa shape index (κ2) is 11.1. The number of hydrazine groups is 1. The molecule has 0 aliphatic heterocycles. The van der Waals surface area contributed by atoms with Crippen LogP contribution in [0.1, 0.15) is 57.9 Å². The highest BCUT2D eigenvalue weighted by atomic mass is 16.1. The summed E-state index contributed by atoms with van der Waals surface area (Å²) in [5.41, 5.74) is 2.21. The van der Waals surface area contributed by atoms with Gasteiger partial charge in [0.05, 0.1) is 5.69 Å². The Kier molecular flexibility index (Phi) is 9.37. The van der Waals surface area contributed by atoms with E-state index in [4.69, 9.17) is 5.84 Å². The minimum absolute atomic E-state index is 0.367. The van der Waals surface area contributed by atoms with E-state index in [1.807, 2.05) is 30.1 Å². The van der Waals surface area contributed by atoms with Crippen molar-refractivity contribution in [1.29, 1.82) is 0 Å². The Morgan fingerprint density at radius 2 is 1.87 bits per heavy atom. The summed E-state index contributed by atoms with van der Waals surface area (Å²) in [6.07, 6.45) is 8.84. The quantitative estimate of drug-likeness (QED) is 0.276. The van der Waals surface area contributed by atoms with Crippen molar-refractivity contribution in [2.45, 2.75) is 64.8 Å². The van der Waals surface area contributed by atoms with Crippen molar-refractivity contribution in [3.8, 4) is 0 Å². The predicted octanol–water partition coefficient (Wildman–Crippen LogP) is 3.75. The van der Waals surface area contributed by atoms with E-state index in [9.17, 15) is 4.79 Å². The van der Waals surface area contributed by atoms with Gasteiger partial charge in [0.15, 0.2) is 0 Å². The number of benzene rings is 1. The standard InChI is InChI=1S/C19H33N3O/c1-4-6-7-12-18(10-5-2)22(16-23)15-14-17-11-8-9-13-19(17)21(3)20/h8-9,11,13,16,18H,4-7,10,12,14-15,20H2,1-3H3. The number of carbonyl (C=O) groups is 1. The SMILES string of the molecule is CCCCCC(CCC)N(C=O)CCc1ccccc1N(C)N. The molecule has 1 aromatic carbocycles. The second-order valence-corrected chi connectivity index (χ2v) is 6.27. The normalized spacial score (nSPS) is 12.0. The molecule has 4 heteroatoms. The molecule has 0 saturated heterocycles. The Balaban J connectivity index is 2.68. The van der Waals surface area contributed by atoms with Gasteiger partial charge in [0, 0.05) is 19.6 Å². The molecule has 0 aliphatic carbocycles. The van der Waals surface area contributed by atoms with Gasteiger partial charge in [-0.15, -0.1) is 0 Å². The van der Waals surface area contributed by atoms with E-state index in [1.165, 1.54) is 24.8 Å². The third-order valence-corrected chi connectivity index (χ3v) is 4.38. The second-order valence-electron chi connectivity index (χ2n) is 6.27. The number of nitrogens with zero attached hydrogens (tertiary/aromatic N) is 2. The Morgan fingerprint density at radius 1 is 1.13 bits per heavy atom. The summed E-state index contributed by atoms with van der Waals surface area (Å²) in [6.45, 7) is 5.16. The molecule has 23 heavy (non-hydrogen) atoms. The molecule has 1 aromatic rings. The molecule has 0 aliphatic rings. The van der Waals surface area contributed by atoms with E-state index >= 15 is 0 Å².